The summed E-state index contributed by atoms with van der Waals surface area (Å²) in [6.45, 7) is 1.87. The smallest absolute Gasteiger partial charge is 0.0814 e. The zero-order valence-corrected chi connectivity index (χ0v) is 9.99. The molecule has 0 aromatic carbocycles. The van der Waals surface area contributed by atoms with Crippen molar-refractivity contribution in [1.29, 1.82) is 0 Å². The molecule has 0 aromatic heterocycles. The van der Waals surface area contributed by atoms with E-state index in [9.17, 15) is 0 Å². The zero-order chi connectivity index (χ0) is 10.8. The molecule has 3 nitrogen and oxygen atoms in total. The maximum atomic E-state index is 5.97. The lowest BCUT2D eigenvalue weighted by Crippen LogP contribution is -2.30. The summed E-state index contributed by atoms with van der Waals surface area (Å²) in [6.07, 6.45) is 10.3. The largest absolute Gasteiger partial charge is 0.376 e. The van der Waals surface area contributed by atoms with Crippen LogP contribution in [0.4, 0.5) is 0 Å². The molecule has 3 heteroatoms. The molecule has 0 spiro atoms. The predicted molar refractivity (Wildman–Crippen MR) is 62.5 cm³/mol. The van der Waals surface area contributed by atoms with Crippen LogP contribution in [0.15, 0.2) is 0 Å². The van der Waals surface area contributed by atoms with Gasteiger partial charge in [0, 0.05) is 12.6 Å². The van der Waals surface area contributed by atoms with E-state index in [-0.39, 0.29) is 0 Å². The molecule has 0 amide bonds. The topological polar surface area (TPSA) is 30.5 Å². The van der Waals surface area contributed by atoms with Crippen molar-refractivity contribution < 1.29 is 9.47 Å². The standard InChI is InChI=1S/C13H23NO2/c1-2-11(3-1)15-9-13-7-6-12(16-13)8-14-10-4-5-10/h10-14H,1-9H2. The fourth-order valence-electron chi connectivity index (χ4n) is 2.42. The lowest BCUT2D eigenvalue weighted by Gasteiger charge is -2.27. The van der Waals surface area contributed by atoms with E-state index in [1.54, 1.807) is 0 Å². The molecule has 1 heterocycles. The number of hydrogen-bond donors (Lipinski definition) is 1. The highest BCUT2D eigenvalue weighted by molar-refractivity contribution is 4.84. The summed E-state index contributed by atoms with van der Waals surface area (Å²) in [5, 5.41) is 3.54. The molecule has 1 aliphatic heterocycles. The Morgan fingerprint density at radius 3 is 2.50 bits per heavy atom. The number of rotatable bonds is 6. The van der Waals surface area contributed by atoms with Crippen molar-refractivity contribution in [3.8, 4) is 0 Å². The highest BCUT2D eigenvalue weighted by atomic mass is 16.5. The highest BCUT2D eigenvalue weighted by Crippen LogP contribution is 2.26. The number of ether oxygens (including phenoxy) is 2. The maximum Gasteiger partial charge on any atom is 0.0814 e. The van der Waals surface area contributed by atoms with Crippen LogP contribution in [-0.4, -0.2) is 37.5 Å². The minimum atomic E-state index is 0.367. The van der Waals surface area contributed by atoms with E-state index in [0.29, 0.717) is 18.3 Å². The molecule has 2 aliphatic carbocycles. The Labute approximate surface area is 97.9 Å². The van der Waals surface area contributed by atoms with Gasteiger partial charge in [0.05, 0.1) is 24.9 Å². The van der Waals surface area contributed by atoms with Crippen molar-refractivity contribution in [3.63, 3.8) is 0 Å². The molecule has 3 rings (SSSR count). The Hall–Kier alpha value is -0.120. The summed E-state index contributed by atoms with van der Waals surface area (Å²) in [5.41, 5.74) is 0. The first kappa shape index (κ1) is 11.0. The second kappa shape index (κ2) is 5.03. The van der Waals surface area contributed by atoms with Crippen molar-refractivity contribution in [2.24, 2.45) is 0 Å². The molecule has 1 saturated heterocycles. The molecular weight excluding hydrogens is 202 g/mol. The van der Waals surface area contributed by atoms with E-state index >= 15 is 0 Å². The molecule has 2 saturated carbocycles. The van der Waals surface area contributed by atoms with Gasteiger partial charge in [-0.15, -0.1) is 0 Å². The van der Waals surface area contributed by atoms with Crippen LogP contribution in [0.2, 0.25) is 0 Å². The van der Waals surface area contributed by atoms with Gasteiger partial charge in [0.15, 0.2) is 0 Å². The van der Waals surface area contributed by atoms with E-state index in [0.717, 1.165) is 19.2 Å². The first-order chi connectivity index (χ1) is 7.90. The van der Waals surface area contributed by atoms with Gasteiger partial charge in [-0.05, 0) is 44.9 Å². The van der Waals surface area contributed by atoms with E-state index < -0.39 is 0 Å². The summed E-state index contributed by atoms with van der Waals surface area (Å²) >= 11 is 0. The van der Waals surface area contributed by atoms with Crippen LogP contribution in [0.5, 0.6) is 0 Å². The van der Waals surface area contributed by atoms with Crippen molar-refractivity contribution in [3.05, 3.63) is 0 Å². The van der Waals surface area contributed by atoms with Crippen LogP contribution in [0, 0.1) is 0 Å². The minimum absolute atomic E-state index is 0.367. The quantitative estimate of drug-likeness (QED) is 0.748. The molecule has 92 valence electrons. The maximum absolute atomic E-state index is 5.97. The van der Waals surface area contributed by atoms with Crippen LogP contribution < -0.4 is 5.32 Å². The summed E-state index contributed by atoms with van der Waals surface area (Å²) in [4.78, 5) is 0. The molecule has 2 unspecified atom stereocenters. The second-order valence-electron chi connectivity index (χ2n) is 5.53. The Morgan fingerprint density at radius 2 is 1.81 bits per heavy atom. The van der Waals surface area contributed by atoms with Crippen LogP contribution >= 0.6 is 0 Å². The minimum Gasteiger partial charge on any atom is -0.376 e. The van der Waals surface area contributed by atoms with Crippen molar-refractivity contribution in [1.82, 2.24) is 5.32 Å². The normalized spacial score (nSPS) is 35.2. The van der Waals surface area contributed by atoms with Gasteiger partial charge in [-0.2, -0.15) is 0 Å². The van der Waals surface area contributed by atoms with Crippen LogP contribution in [0.25, 0.3) is 0 Å². The van der Waals surface area contributed by atoms with Gasteiger partial charge in [-0.3, -0.25) is 0 Å². The Morgan fingerprint density at radius 1 is 1.00 bits per heavy atom. The van der Waals surface area contributed by atoms with Crippen LogP contribution in [-0.2, 0) is 9.47 Å². The van der Waals surface area contributed by atoms with Gasteiger partial charge < -0.3 is 14.8 Å². The van der Waals surface area contributed by atoms with E-state index in [2.05, 4.69) is 5.32 Å². The third kappa shape index (κ3) is 2.96. The van der Waals surface area contributed by atoms with Crippen molar-refractivity contribution in [2.45, 2.75) is 69.3 Å². The number of nitrogens with one attached hydrogen (secondary N) is 1. The van der Waals surface area contributed by atoms with Crippen LogP contribution in [0.3, 0.4) is 0 Å². The molecule has 3 fully saturated rings. The second-order valence-corrected chi connectivity index (χ2v) is 5.53. The lowest BCUT2D eigenvalue weighted by atomic mass is 9.96. The molecule has 16 heavy (non-hydrogen) atoms. The van der Waals surface area contributed by atoms with E-state index in [1.807, 2.05) is 0 Å². The summed E-state index contributed by atoms with van der Waals surface area (Å²) in [5.74, 6) is 0. The molecule has 3 aliphatic rings. The van der Waals surface area contributed by atoms with Gasteiger partial charge in [0.2, 0.25) is 0 Å². The van der Waals surface area contributed by atoms with Gasteiger partial charge in [-0.1, -0.05) is 0 Å². The first-order valence-corrected chi connectivity index (χ1v) is 6.90. The summed E-state index contributed by atoms with van der Waals surface area (Å²) < 4.78 is 11.8. The Bertz CT molecular complexity index is 226. The summed E-state index contributed by atoms with van der Waals surface area (Å²) in [7, 11) is 0. The monoisotopic (exact) mass is 225 g/mol. The van der Waals surface area contributed by atoms with Gasteiger partial charge >= 0.3 is 0 Å². The SMILES string of the molecule is C1CC(OCC2CCC(CNC3CC3)O2)C1. The third-order valence-electron chi connectivity index (χ3n) is 3.98. The Kier molecular flexibility index (Phi) is 3.46. The average molecular weight is 225 g/mol. The number of hydrogen-bond acceptors (Lipinski definition) is 3. The lowest BCUT2D eigenvalue weighted by molar-refractivity contribution is -0.0626. The van der Waals surface area contributed by atoms with Crippen LogP contribution in [0.1, 0.15) is 44.9 Å². The third-order valence-corrected chi connectivity index (χ3v) is 3.98. The molecule has 0 radical (unpaired) electrons. The fraction of sp³-hybridized carbons (Fsp3) is 1.00. The average Bonchev–Trinajstić information content (AvgIpc) is 2.94. The van der Waals surface area contributed by atoms with Crippen molar-refractivity contribution in [2.75, 3.05) is 13.2 Å². The van der Waals surface area contributed by atoms with Gasteiger partial charge in [0.25, 0.3) is 0 Å². The zero-order valence-electron chi connectivity index (χ0n) is 9.99. The van der Waals surface area contributed by atoms with Crippen molar-refractivity contribution >= 4 is 0 Å². The molecule has 0 bridgehead atoms. The first-order valence-electron chi connectivity index (χ1n) is 6.90. The predicted octanol–water partition coefficient (Wildman–Crippen LogP) is 1.86. The van der Waals surface area contributed by atoms with Gasteiger partial charge in [-0.25, -0.2) is 0 Å². The van der Waals surface area contributed by atoms with E-state index in [4.69, 9.17) is 9.47 Å². The summed E-state index contributed by atoms with van der Waals surface area (Å²) in [6, 6.07) is 0.800. The Balaban J connectivity index is 1.29. The highest BCUT2D eigenvalue weighted by Gasteiger charge is 2.29. The van der Waals surface area contributed by atoms with E-state index in [1.165, 1.54) is 44.9 Å². The van der Waals surface area contributed by atoms with Gasteiger partial charge in [0.1, 0.15) is 0 Å². The molecule has 1 N–H and O–H groups in total. The molecule has 2 atom stereocenters. The molecule has 0 aromatic rings. The molecular formula is C13H23NO2. The fourth-order valence-corrected chi connectivity index (χ4v) is 2.42.